The molecule has 0 fully saturated rings. The Morgan fingerprint density at radius 2 is 2.17 bits per heavy atom. The number of sulfonamides is 1. The molecule has 7 heteroatoms. The lowest BCUT2D eigenvalue weighted by Crippen LogP contribution is -2.17. The smallest absolute Gasteiger partial charge is 0.232 e. The van der Waals surface area contributed by atoms with E-state index in [1.807, 2.05) is 6.07 Å². The van der Waals surface area contributed by atoms with E-state index >= 15 is 0 Å². The molecule has 0 unspecified atom stereocenters. The summed E-state index contributed by atoms with van der Waals surface area (Å²) < 4.78 is 27.1. The minimum absolute atomic E-state index is 0.102. The van der Waals surface area contributed by atoms with Gasteiger partial charge in [-0.25, -0.2) is 13.4 Å². The van der Waals surface area contributed by atoms with Gasteiger partial charge in [0.15, 0.2) is 0 Å². The van der Waals surface area contributed by atoms with Crippen molar-refractivity contribution < 1.29 is 8.42 Å². The molecule has 0 saturated carbocycles. The van der Waals surface area contributed by atoms with Gasteiger partial charge in [0.05, 0.1) is 27.2 Å². The van der Waals surface area contributed by atoms with E-state index in [0.717, 1.165) is 16.6 Å². The highest BCUT2D eigenvalue weighted by Crippen LogP contribution is 2.22. The van der Waals surface area contributed by atoms with Crippen LogP contribution in [0.5, 0.6) is 0 Å². The van der Waals surface area contributed by atoms with Crippen LogP contribution in [0, 0.1) is 0 Å². The maximum Gasteiger partial charge on any atom is 0.232 e. The van der Waals surface area contributed by atoms with Crippen LogP contribution in [0.4, 0.5) is 5.69 Å². The molecule has 1 heterocycles. The quantitative estimate of drug-likeness (QED) is 0.792. The van der Waals surface area contributed by atoms with Crippen molar-refractivity contribution in [2.24, 2.45) is 5.73 Å². The van der Waals surface area contributed by atoms with Crippen LogP contribution in [0.3, 0.4) is 0 Å². The van der Waals surface area contributed by atoms with Crippen molar-refractivity contribution in [2.75, 3.05) is 17.0 Å². The zero-order valence-electron chi connectivity index (χ0n) is 9.80. The number of nitrogens with two attached hydrogens (primary N) is 1. The molecule has 0 aliphatic rings. The predicted molar refractivity (Wildman–Crippen MR) is 75.3 cm³/mol. The number of hydrogen-bond acceptors (Lipinski definition) is 5. The largest absolute Gasteiger partial charge is 0.330 e. The van der Waals surface area contributed by atoms with E-state index in [0.29, 0.717) is 18.7 Å². The monoisotopic (exact) mass is 285 g/mol. The summed E-state index contributed by atoms with van der Waals surface area (Å²) in [5.74, 6) is 0.102. The third-order valence-electron chi connectivity index (χ3n) is 2.47. The lowest BCUT2D eigenvalue weighted by Gasteiger charge is -2.07. The topological polar surface area (TPSA) is 85.1 Å². The number of nitrogens with one attached hydrogen (secondary N) is 1. The molecule has 5 nitrogen and oxygen atoms in total. The summed E-state index contributed by atoms with van der Waals surface area (Å²) in [6.45, 7) is 0.516. The van der Waals surface area contributed by atoms with Crippen molar-refractivity contribution in [1.82, 2.24) is 4.98 Å². The van der Waals surface area contributed by atoms with Crippen LogP contribution in [0.15, 0.2) is 23.7 Å². The summed E-state index contributed by atoms with van der Waals surface area (Å²) in [5, 5.41) is 0. The van der Waals surface area contributed by atoms with Crippen molar-refractivity contribution in [1.29, 1.82) is 0 Å². The minimum Gasteiger partial charge on any atom is -0.330 e. The van der Waals surface area contributed by atoms with E-state index < -0.39 is 10.0 Å². The molecule has 0 atom stereocenters. The molecular weight excluding hydrogens is 270 g/mol. The second-order valence-electron chi connectivity index (χ2n) is 3.95. The number of anilines is 1. The number of fused-ring (bicyclic) bond motifs is 1. The molecule has 0 bridgehead atoms. The normalized spacial score (nSPS) is 11.8. The molecular formula is C11H15N3O2S2. The Hall–Kier alpha value is -1.18. The Labute approximate surface area is 110 Å². The first kappa shape index (κ1) is 13.3. The van der Waals surface area contributed by atoms with Gasteiger partial charge in [-0.15, -0.1) is 11.3 Å². The van der Waals surface area contributed by atoms with Crippen LogP contribution >= 0.6 is 11.3 Å². The summed E-state index contributed by atoms with van der Waals surface area (Å²) in [7, 11) is -3.28. The van der Waals surface area contributed by atoms with Crippen LogP contribution in [-0.4, -0.2) is 25.7 Å². The molecule has 0 aliphatic heterocycles. The van der Waals surface area contributed by atoms with Gasteiger partial charge in [0.2, 0.25) is 10.0 Å². The summed E-state index contributed by atoms with van der Waals surface area (Å²) in [6.07, 6.45) is 1.30. The second kappa shape index (κ2) is 5.64. The Morgan fingerprint density at radius 3 is 2.94 bits per heavy atom. The maximum atomic E-state index is 11.8. The highest BCUT2D eigenvalue weighted by atomic mass is 32.2. The van der Waals surface area contributed by atoms with Gasteiger partial charge in [-0.3, -0.25) is 4.72 Å². The fourth-order valence-electron chi connectivity index (χ4n) is 1.59. The highest BCUT2D eigenvalue weighted by molar-refractivity contribution is 7.92. The summed E-state index contributed by atoms with van der Waals surface area (Å²) >= 11 is 1.49. The summed E-state index contributed by atoms with van der Waals surface area (Å²) in [4.78, 5) is 4.14. The van der Waals surface area contributed by atoms with Gasteiger partial charge in [-0.1, -0.05) is 0 Å². The van der Waals surface area contributed by atoms with Crippen molar-refractivity contribution in [2.45, 2.75) is 12.8 Å². The molecule has 0 saturated heterocycles. The molecule has 0 amide bonds. The summed E-state index contributed by atoms with van der Waals surface area (Å²) in [5.41, 5.74) is 8.54. The first-order valence-corrected chi connectivity index (χ1v) is 8.18. The fourth-order valence-corrected chi connectivity index (χ4v) is 3.47. The number of benzene rings is 1. The van der Waals surface area contributed by atoms with Gasteiger partial charge in [0, 0.05) is 0 Å². The van der Waals surface area contributed by atoms with E-state index in [2.05, 4.69) is 9.71 Å². The molecule has 2 rings (SSSR count). The fraction of sp³-hybridized carbons (Fsp3) is 0.364. The molecule has 2 aromatic rings. The first-order chi connectivity index (χ1) is 8.61. The lowest BCUT2D eigenvalue weighted by molar-refractivity contribution is 0.597. The van der Waals surface area contributed by atoms with Crippen LogP contribution < -0.4 is 10.5 Å². The molecule has 98 valence electrons. The van der Waals surface area contributed by atoms with Crippen LogP contribution in [0.25, 0.3) is 10.2 Å². The van der Waals surface area contributed by atoms with Crippen molar-refractivity contribution in [3.63, 3.8) is 0 Å². The highest BCUT2D eigenvalue weighted by Gasteiger charge is 2.10. The number of aromatic nitrogens is 1. The summed E-state index contributed by atoms with van der Waals surface area (Å²) in [6, 6.07) is 5.33. The minimum atomic E-state index is -3.28. The van der Waals surface area contributed by atoms with E-state index in [1.54, 1.807) is 17.6 Å². The van der Waals surface area contributed by atoms with Crippen LogP contribution in [0.1, 0.15) is 12.8 Å². The Balaban J connectivity index is 2.07. The Kier molecular flexibility index (Phi) is 4.15. The first-order valence-electron chi connectivity index (χ1n) is 5.64. The van der Waals surface area contributed by atoms with Gasteiger partial charge in [-0.05, 0) is 37.6 Å². The van der Waals surface area contributed by atoms with E-state index in [4.69, 9.17) is 5.73 Å². The third kappa shape index (κ3) is 3.41. The van der Waals surface area contributed by atoms with Gasteiger partial charge in [0.1, 0.15) is 0 Å². The zero-order valence-corrected chi connectivity index (χ0v) is 11.4. The molecule has 3 N–H and O–H groups in total. The SMILES string of the molecule is NCCCCS(=O)(=O)Nc1ccc2ncsc2c1. The molecule has 0 radical (unpaired) electrons. The van der Waals surface area contributed by atoms with Crippen LogP contribution in [0.2, 0.25) is 0 Å². The van der Waals surface area contributed by atoms with Crippen molar-refractivity contribution >= 4 is 37.3 Å². The Morgan fingerprint density at radius 1 is 1.33 bits per heavy atom. The second-order valence-corrected chi connectivity index (χ2v) is 6.68. The van der Waals surface area contributed by atoms with Crippen LogP contribution in [-0.2, 0) is 10.0 Å². The van der Waals surface area contributed by atoms with Crippen molar-refractivity contribution in [3.8, 4) is 0 Å². The number of rotatable bonds is 6. The average molecular weight is 285 g/mol. The number of nitrogens with zero attached hydrogens (tertiary/aromatic N) is 1. The molecule has 0 aliphatic carbocycles. The molecule has 0 spiro atoms. The van der Waals surface area contributed by atoms with Gasteiger partial charge in [0.25, 0.3) is 0 Å². The third-order valence-corrected chi connectivity index (χ3v) is 4.64. The number of unbranched alkanes of at least 4 members (excludes halogenated alkanes) is 1. The predicted octanol–water partition coefficient (Wildman–Crippen LogP) is 1.78. The number of hydrogen-bond donors (Lipinski definition) is 2. The van der Waals surface area contributed by atoms with Gasteiger partial charge in [-0.2, -0.15) is 0 Å². The molecule has 18 heavy (non-hydrogen) atoms. The standard InChI is InChI=1S/C11H15N3O2S2/c12-5-1-2-6-18(15,16)14-9-3-4-10-11(7-9)17-8-13-10/h3-4,7-8,14H,1-2,5-6,12H2. The average Bonchev–Trinajstić information content (AvgIpc) is 2.75. The van der Waals surface area contributed by atoms with E-state index in [1.165, 1.54) is 11.3 Å². The van der Waals surface area contributed by atoms with Gasteiger partial charge < -0.3 is 5.73 Å². The molecule has 1 aromatic carbocycles. The molecule has 1 aromatic heterocycles. The number of thiazole rings is 1. The van der Waals surface area contributed by atoms with Gasteiger partial charge >= 0.3 is 0 Å². The maximum absolute atomic E-state index is 11.8. The zero-order chi connectivity index (χ0) is 13.0. The van der Waals surface area contributed by atoms with E-state index in [-0.39, 0.29) is 5.75 Å². The van der Waals surface area contributed by atoms with E-state index in [9.17, 15) is 8.42 Å². The lowest BCUT2D eigenvalue weighted by atomic mass is 10.3. The Bertz CT molecular complexity index is 622. The van der Waals surface area contributed by atoms with Crippen molar-refractivity contribution in [3.05, 3.63) is 23.7 Å².